The molecule has 0 aliphatic heterocycles. The van der Waals surface area contributed by atoms with E-state index in [4.69, 9.17) is 0 Å². The number of para-hydroxylation sites is 1. The standard InChI is InChI=1S/C21H21N/c1-4-8-18(9-5-2)19-14-12-17(13-15-19)16-20-10-6-7-11-21(20)22-3/h4-15H,1,3,16H2,2H3/b9-5-,18-8+. The molecule has 0 atom stereocenters. The summed E-state index contributed by atoms with van der Waals surface area (Å²) in [7, 11) is 0. The van der Waals surface area contributed by atoms with E-state index in [-0.39, 0.29) is 0 Å². The van der Waals surface area contributed by atoms with Crippen LogP contribution in [0, 0.1) is 0 Å². The van der Waals surface area contributed by atoms with Crippen LogP contribution in [0.5, 0.6) is 0 Å². The summed E-state index contributed by atoms with van der Waals surface area (Å²) in [4.78, 5) is 4.08. The lowest BCUT2D eigenvalue weighted by Crippen LogP contribution is -1.90. The molecule has 0 fully saturated rings. The molecule has 1 heteroatoms. The number of benzene rings is 2. The van der Waals surface area contributed by atoms with Gasteiger partial charge in [0.2, 0.25) is 0 Å². The average molecular weight is 287 g/mol. The summed E-state index contributed by atoms with van der Waals surface area (Å²) in [6, 6.07) is 16.7. The predicted molar refractivity (Wildman–Crippen MR) is 97.9 cm³/mol. The van der Waals surface area contributed by atoms with Gasteiger partial charge in [-0.3, -0.25) is 4.99 Å². The summed E-state index contributed by atoms with van der Waals surface area (Å²) < 4.78 is 0. The van der Waals surface area contributed by atoms with E-state index in [0.717, 1.165) is 17.7 Å². The van der Waals surface area contributed by atoms with E-state index in [0.29, 0.717) is 0 Å². The molecule has 2 aromatic carbocycles. The van der Waals surface area contributed by atoms with E-state index < -0.39 is 0 Å². The molecule has 1 nitrogen and oxygen atoms in total. The Morgan fingerprint density at radius 1 is 1.09 bits per heavy atom. The normalized spacial score (nSPS) is 11.6. The zero-order valence-corrected chi connectivity index (χ0v) is 13.0. The van der Waals surface area contributed by atoms with Gasteiger partial charge >= 0.3 is 0 Å². The highest BCUT2D eigenvalue weighted by Crippen LogP contribution is 2.23. The van der Waals surface area contributed by atoms with Gasteiger partial charge in [0.25, 0.3) is 0 Å². The first-order valence-electron chi connectivity index (χ1n) is 7.38. The lowest BCUT2D eigenvalue weighted by molar-refractivity contribution is 1.18. The van der Waals surface area contributed by atoms with E-state index in [1.807, 2.05) is 43.4 Å². The van der Waals surface area contributed by atoms with Crippen LogP contribution < -0.4 is 0 Å². The Balaban J connectivity index is 2.23. The van der Waals surface area contributed by atoms with Crippen molar-refractivity contribution in [2.75, 3.05) is 0 Å². The van der Waals surface area contributed by atoms with Gasteiger partial charge in [0.1, 0.15) is 0 Å². The van der Waals surface area contributed by atoms with Crippen LogP contribution in [0.25, 0.3) is 5.57 Å². The summed E-state index contributed by atoms with van der Waals surface area (Å²) in [5, 5.41) is 0. The topological polar surface area (TPSA) is 12.4 Å². The van der Waals surface area contributed by atoms with Crippen molar-refractivity contribution in [3.63, 3.8) is 0 Å². The van der Waals surface area contributed by atoms with E-state index >= 15 is 0 Å². The number of rotatable bonds is 6. The Morgan fingerprint density at radius 2 is 1.82 bits per heavy atom. The third-order valence-electron chi connectivity index (χ3n) is 3.49. The maximum absolute atomic E-state index is 4.08. The highest BCUT2D eigenvalue weighted by molar-refractivity contribution is 5.75. The molecule has 0 aromatic heterocycles. The lowest BCUT2D eigenvalue weighted by Gasteiger charge is -2.07. The van der Waals surface area contributed by atoms with E-state index in [9.17, 15) is 0 Å². The average Bonchev–Trinajstić information content (AvgIpc) is 2.56. The third-order valence-corrected chi connectivity index (χ3v) is 3.49. The van der Waals surface area contributed by atoms with Gasteiger partial charge in [-0.2, -0.15) is 0 Å². The Kier molecular flexibility index (Phi) is 5.67. The van der Waals surface area contributed by atoms with Crippen LogP contribution in [0.2, 0.25) is 0 Å². The second kappa shape index (κ2) is 7.94. The lowest BCUT2D eigenvalue weighted by atomic mass is 9.99. The van der Waals surface area contributed by atoms with Crippen molar-refractivity contribution in [3.8, 4) is 0 Å². The van der Waals surface area contributed by atoms with Crippen LogP contribution in [0.1, 0.15) is 23.6 Å². The molecule has 0 saturated heterocycles. The molecule has 0 heterocycles. The first-order chi connectivity index (χ1) is 10.8. The molecule has 2 rings (SSSR count). The molecule has 0 aliphatic carbocycles. The van der Waals surface area contributed by atoms with Crippen LogP contribution in [-0.4, -0.2) is 6.72 Å². The SMILES string of the molecule is C=C/C=C(\C=C/C)c1ccc(Cc2ccccc2N=C)cc1. The molecule has 0 amide bonds. The van der Waals surface area contributed by atoms with Crippen molar-refractivity contribution in [2.24, 2.45) is 4.99 Å². The van der Waals surface area contributed by atoms with Gasteiger partial charge in [-0.1, -0.05) is 73.3 Å². The zero-order chi connectivity index (χ0) is 15.8. The Morgan fingerprint density at radius 3 is 2.45 bits per heavy atom. The second-order valence-electron chi connectivity index (χ2n) is 5.02. The van der Waals surface area contributed by atoms with Crippen molar-refractivity contribution in [1.82, 2.24) is 0 Å². The minimum Gasteiger partial charge on any atom is -0.264 e. The first kappa shape index (κ1) is 15.7. The Bertz CT molecular complexity index is 703. The highest BCUT2D eigenvalue weighted by Gasteiger charge is 2.02. The highest BCUT2D eigenvalue weighted by atomic mass is 14.7. The first-order valence-corrected chi connectivity index (χ1v) is 7.38. The third kappa shape index (κ3) is 3.92. The van der Waals surface area contributed by atoms with Gasteiger partial charge < -0.3 is 0 Å². The number of aliphatic imine (C=N–C) groups is 1. The monoisotopic (exact) mass is 287 g/mol. The van der Waals surface area contributed by atoms with Crippen LogP contribution in [0.15, 0.2) is 84.4 Å². The van der Waals surface area contributed by atoms with E-state index in [1.54, 1.807) is 0 Å². The minimum absolute atomic E-state index is 0.861. The van der Waals surface area contributed by atoms with Gasteiger partial charge in [0, 0.05) is 0 Å². The van der Waals surface area contributed by atoms with E-state index in [1.165, 1.54) is 16.7 Å². The predicted octanol–water partition coefficient (Wildman–Crippen LogP) is 5.76. The number of hydrogen-bond acceptors (Lipinski definition) is 1. The number of allylic oxidation sites excluding steroid dienone is 5. The quantitative estimate of drug-likeness (QED) is 0.473. The summed E-state index contributed by atoms with van der Waals surface area (Å²) in [6.45, 7) is 9.43. The molecule has 0 bridgehead atoms. The van der Waals surface area contributed by atoms with Crippen molar-refractivity contribution in [2.45, 2.75) is 13.3 Å². The molecule has 2 aromatic rings. The smallest absolute Gasteiger partial charge is 0.0657 e. The molecule has 0 radical (unpaired) electrons. The Hall–Kier alpha value is -2.67. The fourth-order valence-electron chi connectivity index (χ4n) is 2.40. The number of nitrogens with zero attached hydrogens (tertiary/aromatic N) is 1. The summed E-state index contributed by atoms with van der Waals surface area (Å²) in [6.07, 6.45) is 8.82. The molecule has 0 saturated carbocycles. The maximum Gasteiger partial charge on any atom is 0.0657 e. The van der Waals surface area contributed by atoms with Crippen molar-refractivity contribution < 1.29 is 0 Å². The van der Waals surface area contributed by atoms with Gasteiger partial charge in [-0.25, -0.2) is 0 Å². The molecular weight excluding hydrogens is 266 g/mol. The minimum atomic E-state index is 0.861. The molecule has 0 aliphatic rings. The van der Waals surface area contributed by atoms with Crippen molar-refractivity contribution in [3.05, 3.63) is 96.1 Å². The van der Waals surface area contributed by atoms with Crippen LogP contribution in [-0.2, 0) is 6.42 Å². The molecule has 110 valence electrons. The molecule has 0 spiro atoms. The van der Waals surface area contributed by atoms with Crippen LogP contribution >= 0.6 is 0 Å². The van der Waals surface area contributed by atoms with Gasteiger partial charge in [-0.15, -0.1) is 0 Å². The van der Waals surface area contributed by atoms with Crippen LogP contribution in [0.4, 0.5) is 5.69 Å². The second-order valence-corrected chi connectivity index (χ2v) is 5.02. The fourth-order valence-corrected chi connectivity index (χ4v) is 2.40. The summed E-state index contributed by atoms with van der Waals surface area (Å²) in [5.41, 5.74) is 5.76. The maximum atomic E-state index is 4.08. The fraction of sp³-hybridized carbons (Fsp3) is 0.0952. The van der Waals surface area contributed by atoms with Crippen molar-refractivity contribution >= 4 is 18.0 Å². The largest absolute Gasteiger partial charge is 0.264 e. The zero-order valence-electron chi connectivity index (χ0n) is 13.0. The van der Waals surface area contributed by atoms with E-state index in [2.05, 4.69) is 54.7 Å². The Labute approximate surface area is 133 Å². The summed E-state index contributed by atoms with van der Waals surface area (Å²) >= 11 is 0. The summed E-state index contributed by atoms with van der Waals surface area (Å²) in [5.74, 6) is 0. The van der Waals surface area contributed by atoms with Gasteiger partial charge in [0.05, 0.1) is 5.69 Å². The number of hydrogen-bond donors (Lipinski definition) is 0. The molecule has 0 unspecified atom stereocenters. The van der Waals surface area contributed by atoms with Gasteiger partial charge in [-0.05, 0) is 48.4 Å². The van der Waals surface area contributed by atoms with Crippen molar-refractivity contribution in [1.29, 1.82) is 0 Å². The molecule has 0 N–H and O–H groups in total. The molecule has 22 heavy (non-hydrogen) atoms. The van der Waals surface area contributed by atoms with Gasteiger partial charge in [0.15, 0.2) is 0 Å². The molecular formula is C21H21N. The van der Waals surface area contributed by atoms with Crippen LogP contribution in [0.3, 0.4) is 0 Å².